The summed E-state index contributed by atoms with van der Waals surface area (Å²) in [5, 5.41) is 11.3. The van der Waals surface area contributed by atoms with Crippen molar-refractivity contribution >= 4 is 73.1 Å². The largest absolute Gasteiger partial charge is 0.493 e. The van der Waals surface area contributed by atoms with Crippen LogP contribution in [0.2, 0.25) is 0 Å². The van der Waals surface area contributed by atoms with Gasteiger partial charge in [0.15, 0.2) is 11.6 Å². The maximum atomic E-state index is 13.8. The van der Waals surface area contributed by atoms with E-state index in [1.54, 1.807) is 18.3 Å². The molecular weight excluding hydrogens is 657 g/mol. The quantitative estimate of drug-likeness (QED) is 0.112. The van der Waals surface area contributed by atoms with Gasteiger partial charge in [0.2, 0.25) is 5.91 Å². The fraction of sp³-hybridized carbons (Fsp3) is 0.357. The van der Waals surface area contributed by atoms with E-state index in [4.69, 9.17) is 32.7 Å². The van der Waals surface area contributed by atoms with Gasteiger partial charge < -0.3 is 20.1 Å². The zero-order valence-corrected chi connectivity index (χ0v) is 26.1. The first-order chi connectivity index (χ1) is 20.2. The number of aromatic nitrogens is 4. The highest BCUT2D eigenvalue weighted by Crippen LogP contribution is 2.36. The van der Waals surface area contributed by atoms with Crippen molar-refractivity contribution in [1.82, 2.24) is 19.7 Å². The Morgan fingerprint density at radius 1 is 1.14 bits per heavy atom. The van der Waals surface area contributed by atoms with Crippen molar-refractivity contribution in [2.45, 2.75) is 39.3 Å². The van der Waals surface area contributed by atoms with Crippen molar-refractivity contribution in [2.75, 3.05) is 34.3 Å². The Labute approximate surface area is 261 Å². The van der Waals surface area contributed by atoms with Gasteiger partial charge in [-0.15, -0.1) is 23.2 Å². The number of nitrogens with one attached hydrogen (secondary N) is 2. The molecule has 0 saturated heterocycles. The molecule has 0 aliphatic rings. The van der Waals surface area contributed by atoms with Gasteiger partial charge in [-0.05, 0) is 38.8 Å². The molecule has 0 atom stereocenters. The monoisotopic (exact) mass is 686 g/mol. The normalized spacial score (nSPS) is 10.8. The summed E-state index contributed by atoms with van der Waals surface area (Å²) in [5.41, 5.74) is 0.912. The summed E-state index contributed by atoms with van der Waals surface area (Å²) < 4.78 is 40.4. The molecule has 2 N–H and O–H groups in total. The first-order valence-corrected chi connectivity index (χ1v) is 15.2. The van der Waals surface area contributed by atoms with Crippen molar-refractivity contribution < 1.29 is 23.0 Å². The molecule has 9 nitrogen and oxygen atoms in total. The standard InChI is InChI=1S/C25H25ClF2N6O3.C3H6BrCl/c1-15(2)37-21-10-17(36-8-4-7-26)9-20-23(21)25(30-14-29-20)32-16-11-31-34(12-16)13-22(35)33-19-6-3-5-18(27)24(19)28;4-2-1-3-5/h3,5-6,9-12,14-15H,4,7-8,13H2,1-2H3,(H,33,35)(H,29,30,32);1-3H2. The Bertz CT molecular complexity index is 1460. The van der Waals surface area contributed by atoms with Crippen LogP contribution in [0.3, 0.4) is 0 Å². The molecule has 42 heavy (non-hydrogen) atoms. The second-order valence-corrected chi connectivity index (χ2v) is 10.6. The highest BCUT2D eigenvalue weighted by atomic mass is 79.9. The lowest BCUT2D eigenvalue weighted by Crippen LogP contribution is -2.19. The molecular formula is C28H31BrCl2F2N6O3. The summed E-state index contributed by atoms with van der Waals surface area (Å²) >= 11 is 14.2. The number of alkyl halides is 3. The number of rotatable bonds is 13. The highest BCUT2D eigenvalue weighted by molar-refractivity contribution is 9.09. The van der Waals surface area contributed by atoms with E-state index < -0.39 is 17.5 Å². The van der Waals surface area contributed by atoms with E-state index in [2.05, 4.69) is 41.6 Å². The molecule has 0 saturated carbocycles. The smallest absolute Gasteiger partial charge is 0.246 e. The molecule has 14 heteroatoms. The van der Waals surface area contributed by atoms with E-state index in [0.29, 0.717) is 52.8 Å². The van der Waals surface area contributed by atoms with Gasteiger partial charge in [0.05, 0.1) is 41.2 Å². The lowest BCUT2D eigenvalue weighted by Gasteiger charge is -2.16. The molecule has 4 aromatic rings. The Balaban J connectivity index is 0.000000892. The predicted molar refractivity (Wildman–Crippen MR) is 166 cm³/mol. The molecule has 0 bridgehead atoms. The number of fused-ring (bicyclic) bond motifs is 1. The SMILES string of the molecule is CC(C)Oc1cc(OCCCCl)cc2ncnc(Nc3cnn(CC(=O)Nc4cccc(F)c4F)c3)c12.ClCCCBr. The number of benzene rings is 2. The average Bonchev–Trinajstić information content (AvgIpc) is 3.38. The molecule has 226 valence electrons. The molecule has 0 fully saturated rings. The minimum atomic E-state index is -1.12. The third-order valence-electron chi connectivity index (χ3n) is 5.28. The van der Waals surface area contributed by atoms with E-state index in [1.807, 2.05) is 13.8 Å². The van der Waals surface area contributed by atoms with Crippen LogP contribution in [-0.4, -0.2) is 55.5 Å². The first kappa shape index (κ1) is 33.3. The number of carbonyl (C=O) groups excluding carboxylic acids is 1. The number of halogens is 5. The second kappa shape index (κ2) is 17.0. The lowest BCUT2D eigenvalue weighted by molar-refractivity contribution is -0.116. The van der Waals surface area contributed by atoms with Gasteiger partial charge >= 0.3 is 0 Å². The molecule has 2 heterocycles. The number of anilines is 3. The van der Waals surface area contributed by atoms with Crippen LogP contribution in [0.25, 0.3) is 10.9 Å². The molecule has 0 radical (unpaired) electrons. The van der Waals surface area contributed by atoms with Gasteiger partial charge in [0.1, 0.15) is 30.2 Å². The molecule has 0 unspecified atom stereocenters. The van der Waals surface area contributed by atoms with Crippen LogP contribution >= 0.6 is 39.1 Å². The van der Waals surface area contributed by atoms with Crippen LogP contribution in [0.4, 0.5) is 26.0 Å². The molecule has 0 aliphatic heterocycles. The molecule has 0 spiro atoms. The van der Waals surface area contributed by atoms with Crippen LogP contribution in [-0.2, 0) is 11.3 Å². The topological polar surface area (TPSA) is 103 Å². The first-order valence-electron chi connectivity index (χ1n) is 13.0. The minimum Gasteiger partial charge on any atom is -0.493 e. The number of hydrogen-bond acceptors (Lipinski definition) is 7. The maximum Gasteiger partial charge on any atom is 0.246 e. The van der Waals surface area contributed by atoms with E-state index in [-0.39, 0.29) is 18.3 Å². The van der Waals surface area contributed by atoms with Crippen LogP contribution < -0.4 is 20.1 Å². The Morgan fingerprint density at radius 2 is 1.93 bits per heavy atom. The molecule has 1 amide bonds. The van der Waals surface area contributed by atoms with Crippen molar-refractivity contribution in [3.8, 4) is 11.5 Å². The molecule has 4 rings (SSSR count). The van der Waals surface area contributed by atoms with E-state index in [1.165, 1.54) is 29.3 Å². The van der Waals surface area contributed by atoms with Crippen LogP contribution in [0.5, 0.6) is 11.5 Å². The zero-order valence-electron chi connectivity index (χ0n) is 23.0. The zero-order chi connectivity index (χ0) is 30.5. The molecule has 2 aromatic carbocycles. The number of amides is 1. The molecule has 0 aliphatic carbocycles. The average molecular weight is 688 g/mol. The summed E-state index contributed by atoms with van der Waals surface area (Å²) in [5.74, 6) is 0.143. The number of carbonyl (C=O) groups is 1. The molecule has 2 aromatic heterocycles. The summed E-state index contributed by atoms with van der Waals surface area (Å²) in [6, 6.07) is 7.13. The second-order valence-electron chi connectivity index (χ2n) is 9.03. The van der Waals surface area contributed by atoms with E-state index in [9.17, 15) is 13.6 Å². The Hall–Kier alpha value is -3.22. The summed E-state index contributed by atoms with van der Waals surface area (Å²) in [7, 11) is 0. The van der Waals surface area contributed by atoms with Crippen LogP contribution in [0, 0.1) is 11.6 Å². The van der Waals surface area contributed by atoms with Gasteiger partial charge in [-0.1, -0.05) is 22.0 Å². The van der Waals surface area contributed by atoms with Crippen molar-refractivity contribution in [3.05, 3.63) is 60.7 Å². The van der Waals surface area contributed by atoms with Crippen molar-refractivity contribution in [3.63, 3.8) is 0 Å². The summed E-state index contributed by atoms with van der Waals surface area (Å²) in [4.78, 5) is 21.1. The van der Waals surface area contributed by atoms with Gasteiger partial charge in [0, 0.05) is 35.4 Å². The van der Waals surface area contributed by atoms with E-state index >= 15 is 0 Å². The Kier molecular flexibility index (Phi) is 13.5. The van der Waals surface area contributed by atoms with Gasteiger partial charge in [-0.25, -0.2) is 18.7 Å². The maximum absolute atomic E-state index is 13.8. The van der Waals surface area contributed by atoms with Gasteiger partial charge in [-0.3, -0.25) is 9.48 Å². The van der Waals surface area contributed by atoms with Crippen LogP contribution in [0.15, 0.2) is 49.1 Å². The highest BCUT2D eigenvalue weighted by Gasteiger charge is 2.16. The van der Waals surface area contributed by atoms with Crippen LogP contribution in [0.1, 0.15) is 26.7 Å². The summed E-state index contributed by atoms with van der Waals surface area (Å²) in [6.07, 6.45) is 6.17. The lowest BCUT2D eigenvalue weighted by atomic mass is 10.2. The number of nitrogens with zero attached hydrogens (tertiary/aromatic N) is 4. The minimum absolute atomic E-state index is 0.112. The summed E-state index contributed by atoms with van der Waals surface area (Å²) in [6.45, 7) is 4.07. The third kappa shape index (κ3) is 9.95. The van der Waals surface area contributed by atoms with Crippen molar-refractivity contribution in [1.29, 1.82) is 0 Å². The Morgan fingerprint density at radius 3 is 2.62 bits per heavy atom. The fourth-order valence-corrected chi connectivity index (χ4v) is 4.38. The number of ether oxygens (including phenoxy) is 2. The third-order valence-corrected chi connectivity index (χ3v) is 6.37. The van der Waals surface area contributed by atoms with Gasteiger partial charge in [-0.2, -0.15) is 5.10 Å². The fourth-order valence-electron chi connectivity index (χ4n) is 3.54. The predicted octanol–water partition coefficient (Wildman–Crippen LogP) is 7.29. The van der Waals surface area contributed by atoms with Gasteiger partial charge in [0.25, 0.3) is 0 Å². The van der Waals surface area contributed by atoms with E-state index in [0.717, 1.165) is 23.7 Å². The van der Waals surface area contributed by atoms with Crippen molar-refractivity contribution in [2.24, 2.45) is 0 Å². The number of hydrogen-bond donors (Lipinski definition) is 2.